The fourth-order valence-corrected chi connectivity index (χ4v) is 2.78. The van der Waals surface area contributed by atoms with E-state index in [1.165, 1.54) is 6.07 Å². The first-order chi connectivity index (χ1) is 10.2. The fourth-order valence-electron chi connectivity index (χ4n) is 2.26. The molecule has 1 aromatic carbocycles. The van der Waals surface area contributed by atoms with Crippen molar-refractivity contribution in [1.82, 2.24) is 9.88 Å². The van der Waals surface area contributed by atoms with Crippen molar-refractivity contribution < 1.29 is 9.18 Å². The van der Waals surface area contributed by atoms with Gasteiger partial charge in [0.15, 0.2) is 0 Å². The van der Waals surface area contributed by atoms with Crippen LogP contribution >= 0.6 is 15.9 Å². The summed E-state index contributed by atoms with van der Waals surface area (Å²) in [6.45, 7) is 0.408. The van der Waals surface area contributed by atoms with Crippen LogP contribution in [0.15, 0.2) is 47.1 Å². The van der Waals surface area contributed by atoms with Crippen molar-refractivity contribution in [3.8, 4) is 0 Å². The summed E-state index contributed by atoms with van der Waals surface area (Å²) in [5.74, 6) is -0.783. The number of aromatic nitrogens is 1. The molecule has 1 fully saturated rings. The molecule has 0 bridgehead atoms. The van der Waals surface area contributed by atoms with Gasteiger partial charge in [-0.05, 0) is 53.0 Å². The summed E-state index contributed by atoms with van der Waals surface area (Å²) >= 11 is 3.27. The Bertz CT molecular complexity index is 638. The molecule has 108 valence electrons. The molecule has 0 radical (unpaired) electrons. The zero-order chi connectivity index (χ0) is 14.8. The van der Waals surface area contributed by atoms with Crippen LogP contribution in [0, 0.1) is 5.82 Å². The first kappa shape index (κ1) is 14.2. The van der Waals surface area contributed by atoms with Crippen LogP contribution in [0.3, 0.4) is 0 Å². The third kappa shape index (κ3) is 3.13. The number of pyridine rings is 1. The van der Waals surface area contributed by atoms with Crippen LogP contribution in [-0.4, -0.2) is 21.8 Å². The van der Waals surface area contributed by atoms with Gasteiger partial charge in [-0.25, -0.2) is 4.39 Å². The molecular formula is C16H14BrFN2O. The number of carbonyl (C=O) groups is 1. The van der Waals surface area contributed by atoms with Crippen LogP contribution in [0.1, 0.15) is 28.9 Å². The predicted octanol–water partition coefficient (Wildman–Crippen LogP) is 3.79. The highest BCUT2D eigenvalue weighted by atomic mass is 79.9. The van der Waals surface area contributed by atoms with Gasteiger partial charge in [-0.15, -0.1) is 0 Å². The first-order valence-corrected chi connectivity index (χ1v) is 7.61. The van der Waals surface area contributed by atoms with Crippen molar-refractivity contribution in [3.05, 3.63) is 64.1 Å². The molecule has 0 atom stereocenters. The molecule has 3 rings (SSSR count). The monoisotopic (exact) mass is 348 g/mol. The maximum absolute atomic E-state index is 14.0. The molecule has 0 spiro atoms. The van der Waals surface area contributed by atoms with E-state index in [2.05, 4.69) is 20.9 Å². The largest absolute Gasteiger partial charge is 0.330 e. The summed E-state index contributed by atoms with van der Waals surface area (Å²) in [7, 11) is 0. The number of hydrogen-bond donors (Lipinski definition) is 0. The number of amides is 1. The molecule has 21 heavy (non-hydrogen) atoms. The van der Waals surface area contributed by atoms with E-state index in [1.807, 2.05) is 18.2 Å². The predicted molar refractivity (Wildman–Crippen MR) is 81.2 cm³/mol. The average Bonchev–Trinajstić information content (AvgIpc) is 3.30. The van der Waals surface area contributed by atoms with Gasteiger partial charge in [-0.3, -0.25) is 9.78 Å². The Kier molecular flexibility index (Phi) is 4.01. The summed E-state index contributed by atoms with van der Waals surface area (Å²) in [6, 6.07) is 10.4. The van der Waals surface area contributed by atoms with Gasteiger partial charge in [-0.2, -0.15) is 0 Å². The zero-order valence-electron chi connectivity index (χ0n) is 11.3. The number of halogens is 2. The number of carbonyl (C=O) groups excluding carboxylic acids is 1. The van der Waals surface area contributed by atoms with Crippen LogP contribution in [0.5, 0.6) is 0 Å². The second kappa shape index (κ2) is 5.93. The third-order valence-electron chi connectivity index (χ3n) is 3.48. The van der Waals surface area contributed by atoms with Gasteiger partial charge in [0.05, 0.1) is 17.8 Å². The van der Waals surface area contributed by atoms with E-state index in [1.54, 1.807) is 23.2 Å². The Morgan fingerprint density at radius 1 is 1.29 bits per heavy atom. The van der Waals surface area contributed by atoms with Crippen molar-refractivity contribution in [3.63, 3.8) is 0 Å². The molecule has 1 aliphatic rings. The molecular weight excluding hydrogens is 335 g/mol. The lowest BCUT2D eigenvalue weighted by molar-refractivity contribution is 0.0722. The van der Waals surface area contributed by atoms with Crippen LogP contribution in [0.2, 0.25) is 0 Å². The van der Waals surface area contributed by atoms with Gasteiger partial charge in [0.1, 0.15) is 5.82 Å². The van der Waals surface area contributed by atoms with Crippen molar-refractivity contribution in [1.29, 1.82) is 0 Å². The second-order valence-electron chi connectivity index (χ2n) is 5.08. The molecule has 3 nitrogen and oxygen atoms in total. The molecule has 1 heterocycles. The Morgan fingerprint density at radius 2 is 2.10 bits per heavy atom. The fraction of sp³-hybridized carbons (Fsp3) is 0.250. The Hall–Kier alpha value is -1.75. The number of hydrogen-bond acceptors (Lipinski definition) is 2. The first-order valence-electron chi connectivity index (χ1n) is 6.81. The zero-order valence-corrected chi connectivity index (χ0v) is 12.9. The minimum atomic E-state index is -0.499. The highest BCUT2D eigenvalue weighted by Gasteiger charge is 2.35. The Labute approximate surface area is 130 Å². The van der Waals surface area contributed by atoms with E-state index in [0.717, 1.165) is 18.5 Å². The van der Waals surface area contributed by atoms with Gasteiger partial charge in [0.25, 0.3) is 5.91 Å². The van der Waals surface area contributed by atoms with Crippen molar-refractivity contribution >= 4 is 21.8 Å². The topological polar surface area (TPSA) is 33.2 Å². The average molecular weight is 349 g/mol. The molecule has 0 aliphatic heterocycles. The lowest BCUT2D eigenvalue weighted by atomic mass is 10.1. The molecule has 0 N–H and O–H groups in total. The molecule has 2 aromatic rings. The maximum atomic E-state index is 14.0. The van der Waals surface area contributed by atoms with Gasteiger partial charge < -0.3 is 4.90 Å². The summed E-state index contributed by atoms with van der Waals surface area (Å²) in [4.78, 5) is 18.7. The van der Waals surface area contributed by atoms with E-state index in [-0.39, 0.29) is 17.5 Å². The molecule has 0 unspecified atom stereocenters. The number of nitrogens with zero attached hydrogens (tertiary/aromatic N) is 2. The normalized spacial score (nSPS) is 14.0. The highest BCUT2D eigenvalue weighted by molar-refractivity contribution is 9.10. The molecule has 1 aliphatic carbocycles. The lowest BCUT2D eigenvalue weighted by Gasteiger charge is -2.23. The summed E-state index contributed by atoms with van der Waals surface area (Å²) in [6.07, 6.45) is 3.62. The van der Waals surface area contributed by atoms with Gasteiger partial charge in [-0.1, -0.05) is 12.1 Å². The maximum Gasteiger partial charge on any atom is 0.258 e. The minimum Gasteiger partial charge on any atom is -0.330 e. The summed E-state index contributed by atoms with van der Waals surface area (Å²) in [5.41, 5.74) is 0.908. The van der Waals surface area contributed by atoms with E-state index in [4.69, 9.17) is 0 Å². The van der Waals surface area contributed by atoms with Gasteiger partial charge in [0, 0.05) is 16.7 Å². The molecule has 1 amide bonds. The van der Waals surface area contributed by atoms with Crippen molar-refractivity contribution in [2.45, 2.75) is 25.4 Å². The van der Waals surface area contributed by atoms with E-state index in [9.17, 15) is 9.18 Å². The van der Waals surface area contributed by atoms with Crippen molar-refractivity contribution in [2.24, 2.45) is 0 Å². The molecule has 5 heteroatoms. The standard InChI is InChI=1S/C16H14BrFN2O/c17-13-5-3-6-14(18)15(13)16(21)20(12-7-8-12)10-11-4-1-2-9-19-11/h1-6,9,12H,7-8,10H2. The number of rotatable bonds is 4. The van der Waals surface area contributed by atoms with Gasteiger partial charge >= 0.3 is 0 Å². The van der Waals surface area contributed by atoms with Crippen LogP contribution in [0.4, 0.5) is 4.39 Å². The third-order valence-corrected chi connectivity index (χ3v) is 4.14. The minimum absolute atomic E-state index is 0.0975. The Balaban J connectivity index is 1.89. The van der Waals surface area contributed by atoms with Gasteiger partial charge in [0.2, 0.25) is 0 Å². The Morgan fingerprint density at radius 3 is 2.71 bits per heavy atom. The van der Waals surface area contributed by atoms with E-state index in [0.29, 0.717) is 11.0 Å². The summed E-state index contributed by atoms with van der Waals surface area (Å²) < 4.78 is 14.5. The lowest BCUT2D eigenvalue weighted by Crippen LogP contribution is -2.33. The molecule has 0 saturated heterocycles. The highest BCUT2D eigenvalue weighted by Crippen LogP contribution is 2.31. The van der Waals surface area contributed by atoms with Crippen molar-refractivity contribution in [2.75, 3.05) is 0 Å². The molecule has 1 aromatic heterocycles. The van der Waals surface area contributed by atoms with E-state index < -0.39 is 5.82 Å². The van der Waals surface area contributed by atoms with Crippen LogP contribution < -0.4 is 0 Å². The van der Waals surface area contributed by atoms with Crippen LogP contribution in [-0.2, 0) is 6.54 Å². The number of benzene rings is 1. The van der Waals surface area contributed by atoms with Crippen LogP contribution in [0.25, 0.3) is 0 Å². The quantitative estimate of drug-likeness (QED) is 0.842. The van der Waals surface area contributed by atoms with E-state index >= 15 is 0 Å². The summed E-state index contributed by atoms with van der Waals surface area (Å²) in [5, 5.41) is 0. The SMILES string of the molecule is O=C(c1c(F)cccc1Br)N(Cc1ccccn1)C1CC1. The smallest absolute Gasteiger partial charge is 0.258 e. The second-order valence-corrected chi connectivity index (χ2v) is 5.94. The molecule has 1 saturated carbocycles.